The average Bonchev–Trinajstić information content (AvgIpc) is 3.83. The molecule has 1 rings (SSSR count). The van der Waals surface area contributed by atoms with Crippen molar-refractivity contribution in [3.8, 4) is 0 Å². The third-order valence-corrected chi connectivity index (χ3v) is 14.6. The summed E-state index contributed by atoms with van der Waals surface area (Å²) in [4.78, 5) is 29.1. The fourth-order valence-corrected chi connectivity index (χ4v) is 10.0. The minimum absolute atomic E-state index is 0.0515. The van der Waals surface area contributed by atoms with E-state index in [4.69, 9.17) is 9.47 Å². The summed E-state index contributed by atoms with van der Waals surface area (Å²) in [5.74, 6) is 2.26. The molecule has 2 amide bonds. The van der Waals surface area contributed by atoms with Crippen molar-refractivity contribution in [3.63, 3.8) is 0 Å². The molecule has 0 saturated carbocycles. The van der Waals surface area contributed by atoms with Gasteiger partial charge in [-0.15, -0.1) is 0 Å². The van der Waals surface area contributed by atoms with Crippen LogP contribution in [-0.2, 0) is 19.1 Å². The van der Waals surface area contributed by atoms with Crippen LogP contribution in [0.25, 0.3) is 0 Å². The van der Waals surface area contributed by atoms with Gasteiger partial charge < -0.3 is 24.6 Å². The van der Waals surface area contributed by atoms with Crippen LogP contribution in [0.4, 0.5) is 0 Å². The summed E-state index contributed by atoms with van der Waals surface area (Å²) in [5, 5.41) is 3.20. The van der Waals surface area contributed by atoms with Crippen LogP contribution >= 0.6 is 0 Å². The third kappa shape index (κ3) is 37.3. The molecular formula is C59H115N3O4. The average molecular weight is 931 g/mol. The van der Waals surface area contributed by atoms with Gasteiger partial charge >= 0.3 is 0 Å². The van der Waals surface area contributed by atoms with Crippen LogP contribution < -0.4 is 5.32 Å². The summed E-state index contributed by atoms with van der Waals surface area (Å²) in [6.07, 6.45) is 51.9. The number of allylic oxidation sites excluding steroid dienone is 2. The highest BCUT2D eigenvalue weighted by atomic mass is 16.5. The van der Waals surface area contributed by atoms with Gasteiger partial charge in [0.2, 0.25) is 11.8 Å². The van der Waals surface area contributed by atoms with Gasteiger partial charge in [0, 0.05) is 46.2 Å². The van der Waals surface area contributed by atoms with Gasteiger partial charge in [-0.05, 0) is 109 Å². The van der Waals surface area contributed by atoms with Crippen molar-refractivity contribution in [2.45, 2.75) is 292 Å². The highest BCUT2D eigenvalue weighted by Crippen LogP contribution is 2.23. The summed E-state index contributed by atoms with van der Waals surface area (Å²) >= 11 is 0. The lowest BCUT2D eigenvalue weighted by Crippen LogP contribution is -2.36. The lowest BCUT2D eigenvalue weighted by atomic mass is 9.93. The number of nitrogens with one attached hydrogen (secondary N) is 1. The molecule has 390 valence electrons. The summed E-state index contributed by atoms with van der Waals surface area (Å²) in [5.41, 5.74) is 0. The second kappa shape index (κ2) is 47.1. The van der Waals surface area contributed by atoms with E-state index in [0.717, 1.165) is 58.0 Å². The SMILES string of the molecule is C/C=C(/CCCCCCCN(CCCCCCCCCCCOCCC(CCCC)CCCC)CCCNC(=O)C1CCN(C(C)=O)C1)OC(CCCCCCCC)CCCCCCCC. The van der Waals surface area contributed by atoms with Crippen molar-refractivity contribution in [1.29, 1.82) is 0 Å². The van der Waals surface area contributed by atoms with Crippen molar-refractivity contribution in [1.82, 2.24) is 15.1 Å². The molecular weight excluding hydrogens is 815 g/mol. The van der Waals surface area contributed by atoms with Crippen LogP contribution in [0.15, 0.2) is 11.8 Å². The molecule has 1 aliphatic heterocycles. The monoisotopic (exact) mass is 930 g/mol. The first-order valence-electron chi connectivity index (χ1n) is 29.5. The molecule has 1 fully saturated rings. The minimum atomic E-state index is -0.0515. The van der Waals surface area contributed by atoms with Gasteiger partial charge in [0.05, 0.1) is 17.8 Å². The number of amides is 2. The van der Waals surface area contributed by atoms with Crippen molar-refractivity contribution in [3.05, 3.63) is 11.8 Å². The molecule has 1 aliphatic rings. The Balaban J connectivity index is 2.39. The predicted molar refractivity (Wildman–Crippen MR) is 286 cm³/mol. The van der Waals surface area contributed by atoms with E-state index in [1.165, 1.54) is 237 Å². The first-order valence-corrected chi connectivity index (χ1v) is 29.5. The topological polar surface area (TPSA) is 71.1 Å². The van der Waals surface area contributed by atoms with Gasteiger partial charge in [0.25, 0.3) is 0 Å². The molecule has 1 N–H and O–H groups in total. The Bertz CT molecular complexity index is 1080. The molecule has 7 nitrogen and oxygen atoms in total. The molecule has 1 heterocycles. The normalized spacial score (nSPS) is 14.4. The molecule has 0 aromatic rings. The minimum Gasteiger partial charge on any atom is -0.495 e. The Morgan fingerprint density at radius 2 is 1.06 bits per heavy atom. The van der Waals surface area contributed by atoms with Crippen LogP contribution in [-0.4, -0.2) is 80.2 Å². The molecule has 0 aromatic heterocycles. The fraction of sp³-hybridized carbons (Fsp3) is 0.932. The molecule has 0 bridgehead atoms. The number of hydrogen-bond donors (Lipinski definition) is 1. The molecule has 1 saturated heterocycles. The summed E-state index contributed by atoms with van der Waals surface area (Å²) in [7, 11) is 0. The number of nitrogens with zero attached hydrogens (tertiary/aromatic N) is 2. The maximum atomic E-state index is 12.8. The van der Waals surface area contributed by atoms with Crippen molar-refractivity contribution < 1.29 is 19.1 Å². The second-order valence-electron chi connectivity index (χ2n) is 20.8. The molecule has 66 heavy (non-hydrogen) atoms. The Kier molecular flexibility index (Phi) is 44.5. The third-order valence-electron chi connectivity index (χ3n) is 14.6. The molecule has 0 spiro atoms. The zero-order valence-corrected chi connectivity index (χ0v) is 45.4. The lowest BCUT2D eigenvalue weighted by molar-refractivity contribution is -0.128. The molecule has 0 radical (unpaired) electrons. The van der Waals surface area contributed by atoms with E-state index in [0.29, 0.717) is 19.2 Å². The zero-order chi connectivity index (χ0) is 48.0. The number of unbranched alkanes of at least 4 members (excludes halogenated alkanes) is 24. The predicted octanol–water partition coefficient (Wildman–Crippen LogP) is 16.7. The van der Waals surface area contributed by atoms with Gasteiger partial charge in [-0.3, -0.25) is 9.59 Å². The van der Waals surface area contributed by atoms with E-state index in [-0.39, 0.29) is 17.7 Å². The van der Waals surface area contributed by atoms with Crippen LogP contribution in [0, 0.1) is 11.8 Å². The Labute approximate surface area is 412 Å². The second-order valence-corrected chi connectivity index (χ2v) is 20.8. The van der Waals surface area contributed by atoms with Gasteiger partial charge in [0.1, 0.15) is 0 Å². The summed E-state index contributed by atoms with van der Waals surface area (Å²) < 4.78 is 12.8. The first kappa shape index (κ1) is 62.4. The number of hydrogen-bond acceptors (Lipinski definition) is 5. The number of rotatable bonds is 50. The molecule has 0 aliphatic carbocycles. The van der Waals surface area contributed by atoms with Gasteiger partial charge in [-0.2, -0.15) is 0 Å². The Morgan fingerprint density at radius 3 is 1.58 bits per heavy atom. The molecule has 7 heteroatoms. The van der Waals surface area contributed by atoms with Crippen molar-refractivity contribution >= 4 is 11.8 Å². The van der Waals surface area contributed by atoms with Gasteiger partial charge in [0.15, 0.2) is 0 Å². The van der Waals surface area contributed by atoms with E-state index in [9.17, 15) is 9.59 Å². The van der Waals surface area contributed by atoms with E-state index in [2.05, 4.69) is 50.9 Å². The number of ether oxygens (including phenoxy) is 2. The van der Waals surface area contributed by atoms with Gasteiger partial charge in [-0.1, -0.05) is 195 Å². The van der Waals surface area contributed by atoms with Crippen LogP contribution in [0.3, 0.4) is 0 Å². The summed E-state index contributed by atoms with van der Waals surface area (Å²) in [6, 6.07) is 0. The van der Waals surface area contributed by atoms with Crippen LogP contribution in [0.1, 0.15) is 286 Å². The zero-order valence-electron chi connectivity index (χ0n) is 45.4. The number of carbonyl (C=O) groups excluding carboxylic acids is 2. The largest absolute Gasteiger partial charge is 0.495 e. The molecule has 0 aromatic carbocycles. The van der Waals surface area contributed by atoms with Crippen LogP contribution in [0.5, 0.6) is 0 Å². The Hall–Kier alpha value is -1.60. The smallest absolute Gasteiger partial charge is 0.224 e. The summed E-state index contributed by atoms with van der Waals surface area (Å²) in [6.45, 7) is 20.3. The standard InChI is InChI=1S/C59H115N3O4/c1-7-12-16-18-26-33-42-58(43-34-27-19-17-13-8-2)66-57(11-5)41-32-28-25-30-36-48-61(49-38-46-60-59(64)56-44-50-62(53-56)54(6)63)47-35-29-23-21-20-22-24-31-37-51-65-52-45-55(39-14-9-3)40-15-10-4/h11,55-56,58H,7-10,12-53H2,1-6H3,(H,60,64)/b57-11-. The lowest BCUT2D eigenvalue weighted by Gasteiger charge is -2.23. The number of likely N-dealkylation sites (tertiary alicyclic amines) is 1. The van der Waals surface area contributed by atoms with E-state index in [1.54, 1.807) is 11.8 Å². The van der Waals surface area contributed by atoms with Crippen molar-refractivity contribution in [2.24, 2.45) is 11.8 Å². The van der Waals surface area contributed by atoms with E-state index < -0.39 is 0 Å². The van der Waals surface area contributed by atoms with Gasteiger partial charge in [-0.25, -0.2) is 0 Å². The van der Waals surface area contributed by atoms with E-state index >= 15 is 0 Å². The number of carbonyl (C=O) groups is 2. The quantitative estimate of drug-likeness (QED) is 0.0486. The maximum Gasteiger partial charge on any atom is 0.224 e. The highest BCUT2D eigenvalue weighted by molar-refractivity contribution is 5.81. The Morgan fingerprint density at radius 1 is 0.576 bits per heavy atom. The maximum absolute atomic E-state index is 12.8. The highest BCUT2D eigenvalue weighted by Gasteiger charge is 2.29. The fourth-order valence-electron chi connectivity index (χ4n) is 10.0. The first-order chi connectivity index (χ1) is 32.4. The molecule has 1 unspecified atom stereocenters. The van der Waals surface area contributed by atoms with Crippen molar-refractivity contribution in [2.75, 3.05) is 52.5 Å². The van der Waals surface area contributed by atoms with E-state index in [1.807, 2.05) is 0 Å². The molecule has 1 atom stereocenters. The van der Waals surface area contributed by atoms with Crippen LogP contribution in [0.2, 0.25) is 0 Å².